The Kier molecular flexibility index (Phi) is 2.98. The van der Waals surface area contributed by atoms with Gasteiger partial charge >= 0.3 is 11.9 Å². The van der Waals surface area contributed by atoms with Crippen LogP contribution < -0.4 is 9.47 Å². The fourth-order valence-electron chi connectivity index (χ4n) is 2.06. The molecule has 0 spiro atoms. The molecule has 96 valence electrons. The molecule has 1 atom stereocenters. The van der Waals surface area contributed by atoms with Crippen molar-refractivity contribution in [1.29, 1.82) is 0 Å². The summed E-state index contributed by atoms with van der Waals surface area (Å²) < 4.78 is 15.0. The van der Waals surface area contributed by atoms with E-state index in [2.05, 4.69) is 4.74 Å². The predicted octanol–water partition coefficient (Wildman–Crippen LogP) is 1.43. The minimum absolute atomic E-state index is 0.00929. The van der Waals surface area contributed by atoms with Crippen LogP contribution in [0.15, 0.2) is 18.2 Å². The maximum Gasteiger partial charge on any atom is 0.324 e. The first-order chi connectivity index (χ1) is 8.51. The van der Waals surface area contributed by atoms with Crippen molar-refractivity contribution in [2.24, 2.45) is 0 Å². The Labute approximate surface area is 105 Å². The summed E-state index contributed by atoms with van der Waals surface area (Å²) in [5.74, 6) is 0.0514. The van der Waals surface area contributed by atoms with Gasteiger partial charge in [0, 0.05) is 5.56 Å². The number of esters is 2. The largest absolute Gasteiger partial charge is 0.497 e. The standard InChI is InChI=1S/C13H14O5/c1-13(7-11(14)18-12(13)15)9-6-8(16-2)4-5-10(9)17-3/h4-6H,7H2,1-3H3. The molecule has 18 heavy (non-hydrogen) atoms. The Hall–Kier alpha value is -2.04. The second-order valence-electron chi connectivity index (χ2n) is 4.34. The highest BCUT2D eigenvalue weighted by Gasteiger charge is 2.48. The van der Waals surface area contributed by atoms with Crippen LogP contribution in [-0.4, -0.2) is 26.2 Å². The van der Waals surface area contributed by atoms with E-state index in [-0.39, 0.29) is 6.42 Å². The fourth-order valence-corrected chi connectivity index (χ4v) is 2.06. The molecule has 1 aliphatic rings. The van der Waals surface area contributed by atoms with Crippen molar-refractivity contribution in [1.82, 2.24) is 0 Å². The number of carbonyl (C=O) groups excluding carboxylic acids is 2. The van der Waals surface area contributed by atoms with E-state index < -0.39 is 17.4 Å². The molecule has 0 bridgehead atoms. The Bertz CT molecular complexity index is 508. The van der Waals surface area contributed by atoms with Gasteiger partial charge in [0.1, 0.15) is 16.9 Å². The van der Waals surface area contributed by atoms with Gasteiger partial charge < -0.3 is 14.2 Å². The van der Waals surface area contributed by atoms with Crippen LogP contribution in [0.4, 0.5) is 0 Å². The average molecular weight is 250 g/mol. The number of rotatable bonds is 3. The molecule has 0 amide bonds. The second-order valence-corrected chi connectivity index (χ2v) is 4.34. The van der Waals surface area contributed by atoms with Gasteiger partial charge in [-0.3, -0.25) is 9.59 Å². The summed E-state index contributed by atoms with van der Waals surface area (Å²) in [5.41, 5.74) is -0.419. The van der Waals surface area contributed by atoms with Crippen molar-refractivity contribution in [3.05, 3.63) is 23.8 Å². The molecule has 0 aliphatic carbocycles. The van der Waals surface area contributed by atoms with Gasteiger partial charge in [0.25, 0.3) is 0 Å². The average Bonchev–Trinajstić information content (AvgIpc) is 2.63. The summed E-state index contributed by atoms with van der Waals surface area (Å²) in [6.45, 7) is 1.66. The summed E-state index contributed by atoms with van der Waals surface area (Å²) >= 11 is 0. The third-order valence-electron chi connectivity index (χ3n) is 3.16. The highest BCUT2D eigenvalue weighted by molar-refractivity contribution is 6.01. The van der Waals surface area contributed by atoms with E-state index in [0.717, 1.165) is 0 Å². The summed E-state index contributed by atoms with van der Waals surface area (Å²) in [4.78, 5) is 23.1. The lowest BCUT2D eigenvalue weighted by atomic mass is 9.80. The van der Waals surface area contributed by atoms with Gasteiger partial charge in [-0.1, -0.05) is 0 Å². The van der Waals surface area contributed by atoms with E-state index in [0.29, 0.717) is 17.1 Å². The Morgan fingerprint density at radius 3 is 2.44 bits per heavy atom. The van der Waals surface area contributed by atoms with E-state index in [1.54, 1.807) is 25.1 Å². The van der Waals surface area contributed by atoms with Gasteiger partial charge in [0.15, 0.2) is 0 Å². The van der Waals surface area contributed by atoms with E-state index in [9.17, 15) is 9.59 Å². The van der Waals surface area contributed by atoms with Crippen LogP contribution in [0.3, 0.4) is 0 Å². The zero-order valence-electron chi connectivity index (χ0n) is 10.5. The minimum atomic E-state index is -1.02. The number of hydrogen-bond acceptors (Lipinski definition) is 5. The lowest BCUT2D eigenvalue weighted by Crippen LogP contribution is -2.28. The molecule has 5 heteroatoms. The minimum Gasteiger partial charge on any atom is -0.497 e. The van der Waals surface area contributed by atoms with Gasteiger partial charge in [0.05, 0.1) is 20.6 Å². The molecule has 0 radical (unpaired) electrons. The summed E-state index contributed by atoms with van der Waals surface area (Å²) in [6.07, 6.45) is 0.00929. The van der Waals surface area contributed by atoms with E-state index in [1.165, 1.54) is 14.2 Å². The zero-order chi connectivity index (χ0) is 13.3. The first-order valence-corrected chi connectivity index (χ1v) is 5.49. The molecule has 1 unspecified atom stereocenters. The Balaban J connectivity index is 2.55. The normalized spacial score (nSPS) is 22.8. The van der Waals surface area contributed by atoms with Crippen molar-refractivity contribution in [3.63, 3.8) is 0 Å². The molecule has 0 saturated carbocycles. The molecular formula is C13H14O5. The first-order valence-electron chi connectivity index (χ1n) is 5.49. The van der Waals surface area contributed by atoms with Crippen LogP contribution in [0.25, 0.3) is 0 Å². The van der Waals surface area contributed by atoms with Gasteiger partial charge in [-0.15, -0.1) is 0 Å². The molecule has 2 rings (SSSR count). The third-order valence-corrected chi connectivity index (χ3v) is 3.16. The van der Waals surface area contributed by atoms with Crippen molar-refractivity contribution < 1.29 is 23.8 Å². The smallest absolute Gasteiger partial charge is 0.324 e. The number of hydrogen-bond donors (Lipinski definition) is 0. The molecule has 1 aromatic rings. The molecule has 1 aliphatic heterocycles. The molecular weight excluding hydrogens is 236 g/mol. The topological polar surface area (TPSA) is 61.8 Å². The number of carbonyl (C=O) groups is 2. The van der Waals surface area contributed by atoms with Crippen LogP contribution in [0, 0.1) is 0 Å². The highest BCUT2D eigenvalue weighted by Crippen LogP contribution is 2.41. The molecule has 1 fully saturated rings. The van der Waals surface area contributed by atoms with Crippen molar-refractivity contribution in [3.8, 4) is 11.5 Å². The van der Waals surface area contributed by atoms with Crippen LogP contribution in [0.2, 0.25) is 0 Å². The quantitative estimate of drug-likeness (QED) is 0.600. The number of cyclic esters (lactones) is 2. The Morgan fingerprint density at radius 1 is 1.22 bits per heavy atom. The summed E-state index contributed by atoms with van der Waals surface area (Å²) in [7, 11) is 3.04. The van der Waals surface area contributed by atoms with Gasteiger partial charge in [0.2, 0.25) is 0 Å². The van der Waals surface area contributed by atoms with Crippen LogP contribution in [0.1, 0.15) is 18.9 Å². The van der Waals surface area contributed by atoms with Crippen LogP contribution in [-0.2, 0) is 19.7 Å². The maximum absolute atomic E-state index is 11.8. The molecule has 1 heterocycles. The number of benzene rings is 1. The fraction of sp³-hybridized carbons (Fsp3) is 0.385. The van der Waals surface area contributed by atoms with Gasteiger partial charge in [-0.25, -0.2) is 0 Å². The number of ether oxygens (including phenoxy) is 3. The molecule has 1 aromatic carbocycles. The first kappa shape index (κ1) is 12.4. The van der Waals surface area contributed by atoms with Crippen molar-refractivity contribution in [2.75, 3.05) is 14.2 Å². The summed E-state index contributed by atoms with van der Waals surface area (Å²) in [5, 5.41) is 0. The summed E-state index contributed by atoms with van der Waals surface area (Å²) in [6, 6.07) is 5.13. The van der Waals surface area contributed by atoms with Gasteiger partial charge in [-0.05, 0) is 25.1 Å². The third kappa shape index (κ3) is 1.81. The highest BCUT2D eigenvalue weighted by atomic mass is 16.6. The van der Waals surface area contributed by atoms with Crippen LogP contribution >= 0.6 is 0 Å². The molecule has 0 N–H and O–H groups in total. The molecule has 1 saturated heterocycles. The lowest BCUT2D eigenvalue weighted by Gasteiger charge is -2.21. The van der Waals surface area contributed by atoms with E-state index in [4.69, 9.17) is 9.47 Å². The van der Waals surface area contributed by atoms with E-state index in [1.807, 2.05) is 0 Å². The Morgan fingerprint density at radius 2 is 1.94 bits per heavy atom. The SMILES string of the molecule is COc1ccc(OC)c(C2(C)CC(=O)OC2=O)c1. The van der Waals surface area contributed by atoms with Crippen molar-refractivity contribution in [2.45, 2.75) is 18.8 Å². The van der Waals surface area contributed by atoms with Crippen molar-refractivity contribution >= 4 is 11.9 Å². The van der Waals surface area contributed by atoms with Gasteiger partial charge in [-0.2, -0.15) is 0 Å². The monoisotopic (exact) mass is 250 g/mol. The molecule has 5 nitrogen and oxygen atoms in total. The van der Waals surface area contributed by atoms with Crippen LogP contribution in [0.5, 0.6) is 11.5 Å². The predicted molar refractivity (Wildman–Crippen MR) is 62.6 cm³/mol. The lowest BCUT2D eigenvalue weighted by molar-refractivity contribution is -0.153. The molecule has 0 aromatic heterocycles. The number of methoxy groups -OCH3 is 2. The maximum atomic E-state index is 11.8. The van der Waals surface area contributed by atoms with E-state index >= 15 is 0 Å². The second kappa shape index (κ2) is 4.33. The zero-order valence-corrected chi connectivity index (χ0v) is 10.5.